The van der Waals surface area contributed by atoms with Crippen LogP contribution in [0.1, 0.15) is 35.8 Å². The highest BCUT2D eigenvalue weighted by Gasteiger charge is 2.42. The first kappa shape index (κ1) is 11.4. The first-order valence-corrected chi connectivity index (χ1v) is 8.11. The van der Waals surface area contributed by atoms with E-state index >= 15 is 0 Å². The molecule has 0 amide bonds. The maximum Gasteiger partial charge on any atom is 0.0465 e. The lowest BCUT2D eigenvalue weighted by atomic mass is 9.75. The third-order valence-electron chi connectivity index (χ3n) is 5.69. The molecule has 1 aromatic rings. The number of benzene rings is 1. The van der Waals surface area contributed by atoms with Crippen LogP contribution in [0.15, 0.2) is 36.4 Å². The van der Waals surface area contributed by atoms with Crippen molar-refractivity contribution >= 4 is 17.3 Å². The molecule has 0 unspecified atom stereocenters. The smallest absolute Gasteiger partial charge is 0.0465 e. The molecule has 4 aliphatic rings. The van der Waals surface area contributed by atoms with E-state index < -0.39 is 0 Å². The van der Waals surface area contributed by atoms with Gasteiger partial charge in [-0.1, -0.05) is 42.0 Å². The Kier molecular flexibility index (Phi) is 2.24. The first-order chi connectivity index (χ1) is 9.83. The van der Waals surface area contributed by atoms with Crippen molar-refractivity contribution in [2.45, 2.75) is 24.7 Å². The fourth-order valence-electron chi connectivity index (χ4n) is 4.84. The van der Waals surface area contributed by atoms with Gasteiger partial charge in [0.2, 0.25) is 0 Å². The van der Waals surface area contributed by atoms with Crippen molar-refractivity contribution in [2.24, 2.45) is 11.8 Å². The van der Waals surface area contributed by atoms with Crippen molar-refractivity contribution in [2.75, 3.05) is 18.0 Å². The van der Waals surface area contributed by atoms with E-state index in [1.165, 1.54) is 42.7 Å². The third kappa shape index (κ3) is 1.34. The van der Waals surface area contributed by atoms with Crippen molar-refractivity contribution in [3.63, 3.8) is 0 Å². The van der Waals surface area contributed by atoms with Crippen LogP contribution in [0.4, 0.5) is 5.69 Å². The summed E-state index contributed by atoms with van der Waals surface area (Å²) in [4.78, 5) is 2.64. The molecule has 0 saturated carbocycles. The van der Waals surface area contributed by atoms with Gasteiger partial charge in [0, 0.05) is 41.2 Å². The van der Waals surface area contributed by atoms with E-state index in [1.807, 2.05) is 0 Å². The predicted molar refractivity (Wildman–Crippen MR) is 83.6 cm³/mol. The monoisotopic (exact) mass is 283 g/mol. The number of anilines is 1. The topological polar surface area (TPSA) is 3.24 Å². The van der Waals surface area contributed by atoms with Crippen LogP contribution in [0, 0.1) is 11.8 Å². The molecule has 5 rings (SSSR count). The minimum Gasteiger partial charge on any atom is -0.370 e. The SMILES string of the molecule is Clc1ccc2c3c1[C@H]1C=CC[C@H]1CN3C[C@H]1CC=C[C@@H]21. The van der Waals surface area contributed by atoms with Gasteiger partial charge in [0.05, 0.1) is 0 Å². The number of allylic oxidation sites excluding steroid dienone is 4. The van der Waals surface area contributed by atoms with E-state index in [9.17, 15) is 0 Å². The molecule has 0 spiro atoms. The summed E-state index contributed by atoms with van der Waals surface area (Å²) in [6, 6.07) is 4.41. The second-order valence-corrected chi connectivity index (χ2v) is 7.11. The molecule has 0 fully saturated rings. The van der Waals surface area contributed by atoms with Gasteiger partial charge in [-0.3, -0.25) is 0 Å². The maximum atomic E-state index is 6.59. The van der Waals surface area contributed by atoms with Crippen LogP contribution in [0.3, 0.4) is 0 Å². The summed E-state index contributed by atoms with van der Waals surface area (Å²) in [5.74, 6) is 2.69. The summed E-state index contributed by atoms with van der Waals surface area (Å²) in [7, 11) is 0. The van der Waals surface area contributed by atoms with E-state index in [0.717, 1.165) is 16.9 Å². The fraction of sp³-hybridized carbons (Fsp3) is 0.444. The van der Waals surface area contributed by atoms with Gasteiger partial charge in [-0.25, -0.2) is 0 Å². The molecule has 0 radical (unpaired) electrons. The van der Waals surface area contributed by atoms with Gasteiger partial charge < -0.3 is 4.90 Å². The summed E-state index contributed by atoms with van der Waals surface area (Å²) in [6.07, 6.45) is 12.0. The summed E-state index contributed by atoms with van der Waals surface area (Å²) in [5.41, 5.74) is 4.40. The van der Waals surface area contributed by atoms with Gasteiger partial charge in [-0.2, -0.15) is 0 Å². The second kappa shape index (κ2) is 3.92. The summed E-state index contributed by atoms with van der Waals surface area (Å²) in [6.45, 7) is 2.42. The minimum absolute atomic E-state index is 0.552. The van der Waals surface area contributed by atoms with Crippen molar-refractivity contribution in [1.82, 2.24) is 0 Å². The van der Waals surface area contributed by atoms with Crippen molar-refractivity contribution in [3.8, 4) is 0 Å². The quantitative estimate of drug-likeness (QED) is 0.634. The number of fused-ring (bicyclic) bond motifs is 4. The molecule has 2 aliphatic carbocycles. The molecular weight excluding hydrogens is 266 g/mol. The molecule has 4 atom stereocenters. The lowest BCUT2D eigenvalue weighted by Crippen LogP contribution is -2.43. The van der Waals surface area contributed by atoms with Gasteiger partial charge in [-0.05, 0) is 36.3 Å². The first-order valence-electron chi connectivity index (χ1n) is 7.73. The largest absolute Gasteiger partial charge is 0.370 e. The molecule has 0 bridgehead atoms. The number of hydrogen-bond acceptors (Lipinski definition) is 1. The molecule has 0 aromatic heterocycles. The Hall–Kier alpha value is -1.21. The van der Waals surface area contributed by atoms with Crippen LogP contribution in [-0.2, 0) is 0 Å². The third-order valence-corrected chi connectivity index (χ3v) is 6.02. The Balaban J connectivity index is 1.77. The van der Waals surface area contributed by atoms with Gasteiger partial charge >= 0.3 is 0 Å². The lowest BCUT2D eigenvalue weighted by molar-refractivity contribution is 0.410. The van der Waals surface area contributed by atoms with Gasteiger partial charge in [0.25, 0.3) is 0 Å². The van der Waals surface area contributed by atoms with Crippen LogP contribution in [0.2, 0.25) is 5.02 Å². The number of halogens is 1. The highest BCUT2D eigenvalue weighted by Crippen LogP contribution is 2.54. The molecule has 1 nitrogen and oxygen atoms in total. The fourth-order valence-corrected chi connectivity index (χ4v) is 5.11. The van der Waals surface area contributed by atoms with Crippen molar-refractivity contribution in [1.29, 1.82) is 0 Å². The standard InChI is InChI=1S/C18H18ClN/c19-16-8-7-15-13-5-1-3-11(13)9-20-10-12-4-2-6-14(12)17(16)18(15)20/h1-2,5-8,11-14H,3-4,9-10H2/t11-,12+,13-,14+/m1/s1. The van der Waals surface area contributed by atoms with Crippen LogP contribution in [0.5, 0.6) is 0 Å². The summed E-state index contributed by atoms with van der Waals surface area (Å²) >= 11 is 6.59. The Labute approximate surface area is 124 Å². The summed E-state index contributed by atoms with van der Waals surface area (Å²) < 4.78 is 0. The van der Waals surface area contributed by atoms with E-state index in [0.29, 0.717) is 11.8 Å². The van der Waals surface area contributed by atoms with Crippen molar-refractivity contribution in [3.05, 3.63) is 52.6 Å². The molecule has 1 aromatic carbocycles. The van der Waals surface area contributed by atoms with E-state index in [-0.39, 0.29) is 0 Å². The molecular formula is C18H18ClN. The highest BCUT2D eigenvalue weighted by molar-refractivity contribution is 6.32. The van der Waals surface area contributed by atoms with Gasteiger partial charge in [-0.15, -0.1) is 0 Å². The molecule has 2 heteroatoms. The van der Waals surface area contributed by atoms with Gasteiger partial charge in [0.1, 0.15) is 0 Å². The molecule has 2 heterocycles. The highest BCUT2D eigenvalue weighted by atomic mass is 35.5. The molecule has 0 N–H and O–H groups in total. The number of nitrogens with zero attached hydrogens (tertiary/aromatic N) is 1. The number of rotatable bonds is 0. The predicted octanol–water partition coefficient (Wildman–Crippen LogP) is 4.49. The van der Waals surface area contributed by atoms with Crippen LogP contribution < -0.4 is 4.90 Å². The van der Waals surface area contributed by atoms with Crippen LogP contribution >= 0.6 is 11.6 Å². The van der Waals surface area contributed by atoms with Crippen molar-refractivity contribution < 1.29 is 0 Å². The average molecular weight is 284 g/mol. The molecule has 0 saturated heterocycles. The Morgan fingerprint density at radius 1 is 0.950 bits per heavy atom. The molecule has 102 valence electrons. The average Bonchev–Trinajstić information content (AvgIpc) is 3.08. The number of hydrogen-bond donors (Lipinski definition) is 0. The summed E-state index contributed by atoms with van der Waals surface area (Å²) in [5, 5.41) is 0.968. The normalized spacial score (nSPS) is 36.0. The zero-order valence-electron chi connectivity index (χ0n) is 11.4. The molecule has 2 aliphatic heterocycles. The second-order valence-electron chi connectivity index (χ2n) is 6.70. The maximum absolute atomic E-state index is 6.59. The van der Waals surface area contributed by atoms with E-state index in [1.54, 1.807) is 0 Å². The Morgan fingerprint density at radius 3 is 2.45 bits per heavy atom. The van der Waals surface area contributed by atoms with Gasteiger partial charge in [0.15, 0.2) is 0 Å². The zero-order chi connectivity index (χ0) is 13.3. The zero-order valence-corrected chi connectivity index (χ0v) is 12.2. The molecule has 20 heavy (non-hydrogen) atoms. The Morgan fingerprint density at radius 2 is 1.65 bits per heavy atom. The van der Waals surface area contributed by atoms with E-state index in [4.69, 9.17) is 11.6 Å². The van der Waals surface area contributed by atoms with E-state index in [2.05, 4.69) is 41.3 Å². The minimum atomic E-state index is 0.552. The van der Waals surface area contributed by atoms with Crippen LogP contribution in [0.25, 0.3) is 0 Å². The Bertz CT molecular complexity index is 643. The lowest BCUT2D eigenvalue weighted by Gasteiger charge is -2.46. The van der Waals surface area contributed by atoms with Crippen LogP contribution in [-0.4, -0.2) is 13.1 Å².